The van der Waals surface area contributed by atoms with E-state index in [0.717, 1.165) is 30.6 Å². The molecule has 0 saturated carbocycles. The second kappa shape index (κ2) is 10.5. The van der Waals surface area contributed by atoms with Gasteiger partial charge in [0.25, 0.3) is 0 Å². The number of tetrazole rings is 1. The lowest BCUT2D eigenvalue weighted by atomic mass is 10.1. The van der Waals surface area contributed by atoms with Crippen molar-refractivity contribution in [1.82, 2.24) is 25.5 Å². The molecule has 0 spiro atoms. The van der Waals surface area contributed by atoms with Crippen molar-refractivity contribution < 1.29 is 9.47 Å². The monoisotopic (exact) mass is 429 g/mol. The summed E-state index contributed by atoms with van der Waals surface area (Å²) in [5.41, 5.74) is 3.29. The van der Waals surface area contributed by atoms with Crippen molar-refractivity contribution in [2.45, 2.75) is 32.4 Å². The second-order valence-corrected chi connectivity index (χ2v) is 7.60. The predicted molar refractivity (Wildman–Crippen MR) is 123 cm³/mol. The molecule has 4 rings (SSSR count). The summed E-state index contributed by atoms with van der Waals surface area (Å²) >= 11 is 0. The average Bonchev–Trinajstić information content (AvgIpc) is 3.31. The largest absolute Gasteiger partial charge is 0.493 e. The van der Waals surface area contributed by atoms with Crippen LogP contribution in [0.2, 0.25) is 0 Å². The van der Waals surface area contributed by atoms with Gasteiger partial charge in [-0.05, 0) is 65.6 Å². The van der Waals surface area contributed by atoms with Gasteiger partial charge in [0.15, 0.2) is 11.5 Å². The summed E-state index contributed by atoms with van der Waals surface area (Å²) in [6.45, 7) is 2.95. The third-order valence-electron chi connectivity index (χ3n) is 5.23. The molecular formula is C25H27N5O2. The third kappa shape index (κ3) is 5.50. The van der Waals surface area contributed by atoms with E-state index in [1.54, 1.807) is 11.8 Å². The van der Waals surface area contributed by atoms with E-state index in [2.05, 4.69) is 52.0 Å². The Morgan fingerprint density at radius 2 is 1.66 bits per heavy atom. The quantitative estimate of drug-likeness (QED) is 0.398. The summed E-state index contributed by atoms with van der Waals surface area (Å²) in [7, 11) is 1.63. The fourth-order valence-electron chi connectivity index (χ4n) is 3.40. The van der Waals surface area contributed by atoms with Crippen LogP contribution in [0.25, 0.3) is 5.69 Å². The Bertz CT molecular complexity index is 1120. The Hall–Kier alpha value is -3.71. The molecule has 7 nitrogen and oxygen atoms in total. The molecular weight excluding hydrogens is 402 g/mol. The van der Waals surface area contributed by atoms with E-state index in [0.29, 0.717) is 17.5 Å². The van der Waals surface area contributed by atoms with E-state index in [9.17, 15) is 0 Å². The van der Waals surface area contributed by atoms with Crippen LogP contribution in [0.4, 0.5) is 0 Å². The summed E-state index contributed by atoms with van der Waals surface area (Å²) in [6, 6.07) is 26.7. The number of aryl methyl sites for hydroxylation is 1. The second-order valence-electron chi connectivity index (χ2n) is 7.60. The molecule has 1 aromatic heterocycles. The summed E-state index contributed by atoms with van der Waals surface area (Å²) < 4.78 is 13.1. The highest BCUT2D eigenvalue weighted by Crippen LogP contribution is 2.32. The van der Waals surface area contributed by atoms with Gasteiger partial charge in [-0.15, -0.1) is 0 Å². The van der Waals surface area contributed by atoms with Crippen molar-refractivity contribution in [3.63, 3.8) is 0 Å². The zero-order valence-electron chi connectivity index (χ0n) is 18.3. The molecule has 164 valence electrons. The molecule has 7 heteroatoms. The summed E-state index contributed by atoms with van der Waals surface area (Å²) in [4.78, 5) is 0. The highest BCUT2D eigenvalue weighted by Gasteiger charge is 2.14. The van der Waals surface area contributed by atoms with Crippen molar-refractivity contribution in [1.29, 1.82) is 0 Å². The van der Waals surface area contributed by atoms with E-state index < -0.39 is 0 Å². The first kappa shape index (κ1) is 21.5. The summed E-state index contributed by atoms with van der Waals surface area (Å²) in [5, 5.41) is 15.4. The molecule has 0 radical (unpaired) electrons. The summed E-state index contributed by atoms with van der Waals surface area (Å²) in [5.74, 6) is 1.18. The highest BCUT2D eigenvalue weighted by atomic mass is 16.5. The Morgan fingerprint density at radius 1 is 0.906 bits per heavy atom. The molecule has 0 fully saturated rings. The van der Waals surface area contributed by atoms with Gasteiger partial charge >= 0.3 is 6.01 Å². The van der Waals surface area contributed by atoms with Gasteiger partial charge < -0.3 is 14.8 Å². The van der Waals surface area contributed by atoms with E-state index >= 15 is 0 Å². The van der Waals surface area contributed by atoms with E-state index in [1.807, 2.05) is 54.6 Å². The van der Waals surface area contributed by atoms with Crippen molar-refractivity contribution >= 4 is 0 Å². The first-order valence-electron chi connectivity index (χ1n) is 10.7. The standard InChI is InChI=1S/C25H27N5O2/c1-19(13-14-20-9-5-3-6-10-20)26-18-21-15-16-23(24(17-21)31-2)32-25-27-28-29-30(25)22-11-7-4-8-12-22/h3-12,15-17,19,26H,13-14,18H2,1-2H3/t19-/m1/s1. The van der Waals surface area contributed by atoms with E-state index in [1.165, 1.54) is 5.56 Å². The molecule has 0 aliphatic rings. The Morgan fingerprint density at radius 3 is 2.41 bits per heavy atom. The molecule has 0 aliphatic heterocycles. The predicted octanol–water partition coefficient (Wildman–Crippen LogP) is 4.57. The minimum absolute atomic E-state index is 0.273. The maximum Gasteiger partial charge on any atom is 0.346 e. The molecule has 0 saturated heterocycles. The average molecular weight is 430 g/mol. The molecule has 0 unspecified atom stereocenters. The minimum Gasteiger partial charge on any atom is -0.493 e. The van der Waals surface area contributed by atoms with Gasteiger partial charge in [-0.3, -0.25) is 0 Å². The van der Waals surface area contributed by atoms with Gasteiger partial charge in [0.1, 0.15) is 0 Å². The van der Waals surface area contributed by atoms with Crippen LogP contribution < -0.4 is 14.8 Å². The number of hydrogen-bond donors (Lipinski definition) is 1. The highest BCUT2D eigenvalue weighted by molar-refractivity contribution is 5.44. The van der Waals surface area contributed by atoms with Gasteiger partial charge in [-0.25, -0.2) is 0 Å². The van der Waals surface area contributed by atoms with Gasteiger partial charge in [0.05, 0.1) is 12.8 Å². The lowest BCUT2D eigenvalue weighted by molar-refractivity contribution is 0.362. The van der Waals surface area contributed by atoms with Crippen molar-refractivity contribution in [2.24, 2.45) is 0 Å². The molecule has 0 bridgehead atoms. The molecule has 0 amide bonds. The van der Waals surface area contributed by atoms with Crippen LogP contribution >= 0.6 is 0 Å². The van der Waals surface area contributed by atoms with Crippen LogP contribution in [-0.2, 0) is 13.0 Å². The number of nitrogens with zero attached hydrogens (tertiary/aromatic N) is 4. The van der Waals surface area contributed by atoms with Crippen molar-refractivity contribution in [3.05, 3.63) is 90.0 Å². The maximum absolute atomic E-state index is 5.98. The summed E-state index contributed by atoms with van der Waals surface area (Å²) in [6.07, 6.45) is 2.13. The van der Waals surface area contributed by atoms with Gasteiger partial charge in [-0.1, -0.05) is 59.7 Å². The molecule has 0 aliphatic carbocycles. The van der Waals surface area contributed by atoms with Crippen LogP contribution in [0.5, 0.6) is 17.5 Å². The number of ether oxygens (including phenoxy) is 2. The third-order valence-corrected chi connectivity index (χ3v) is 5.23. The number of rotatable bonds is 10. The number of hydrogen-bond acceptors (Lipinski definition) is 6. The number of nitrogens with one attached hydrogen (secondary N) is 1. The first-order chi connectivity index (χ1) is 15.7. The van der Waals surface area contributed by atoms with Gasteiger partial charge in [0, 0.05) is 12.6 Å². The fraction of sp³-hybridized carbons (Fsp3) is 0.240. The van der Waals surface area contributed by atoms with E-state index in [-0.39, 0.29) is 6.01 Å². The SMILES string of the molecule is COc1cc(CN[C@H](C)CCc2ccccc2)ccc1Oc1nnnn1-c1ccccc1. The molecule has 3 aromatic carbocycles. The lowest BCUT2D eigenvalue weighted by Gasteiger charge is -2.15. The van der Waals surface area contributed by atoms with E-state index in [4.69, 9.17) is 9.47 Å². The van der Waals surface area contributed by atoms with Crippen LogP contribution in [0.15, 0.2) is 78.9 Å². The van der Waals surface area contributed by atoms with Crippen LogP contribution in [0.3, 0.4) is 0 Å². The first-order valence-corrected chi connectivity index (χ1v) is 10.7. The van der Waals surface area contributed by atoms with Crippen LogP contribution in [-0.4, -0.2) is 33.4 Å². The normalized spacial score (nSPS) is 11.8. The topological polar surface area (TPSA) is 74.1 Å². The van der Waals surface area contributed by atoms with Gasteiger partial charge in [0.2, 0.25) is 0 Å². The molecule has 1 N–H and O–H groups in total. The van der Waals surface area contributed by atoms with Gasteiger partial charge in [-0.2, -0.15) is 4.68 Å². The number of methoxy groups -OCH3 is 1. The number of para-hydroxylation sites is 1. The molecule has 4 aromatic rings. The van der Waals surface area contributed by atoms with Crippen molar-refractivity contribution in [2.75, 3.05) is 7.11 Å². The lowest BCUT2D eigenvalue weighted by Crippen LogP contribution is -2.26. The Balaban J connectivity index is 1.38. The maximum atomic E-state index is 5.98. The zero-order chi connectivity index (χ0) is 22.2. The Kier molecular flexibility index (Phi) is 7.09. The van der Waals surface area contributed by atoms with Crippen LogP contribution in [0, 0.1) is 0 Å². The minimum atomic E-state index is 0.273. The number of benzene rings is 3. The number of aromatic nitrogens is 4. The molecule has 1 atom stereocenters. The fourth-order valence-corrected chi connectivity index (χ4v) is 3.40. The zero-order valence-corrected chi connectivity index (χ0v) is 18.3. The van der Waals surface area contributed by atoms with Crippen LogP contribution in [0.1, 0.15) is 24.5 Å². The molecule has 32 heavy (non-hydrogen) atoms. The Labute approximate surface area is 188 Å². The van der Waals surface area contributed by atoms with Crippen molar-refractivity contribution in [3.8, 4) is 23.2 Å². The smallest absolute Gasteiger partial charge is 0.346 e. The molecule has 1 heterocycles.